The highest BCUT2D eigenvalue weighted by molar-refractivity contribution is 9.10. The highest BCUT2D eigenvalue weighted by Gasteiger charge is 2.22. The summed E-state index contributed by atoms with van der Waals surface area (Å²) >= 11 is 3.54. The highest BCUT2D eigenvalue weighted by atomic mass is 79.9. The molecule has 0 bridgehead atoms. The maximum atomic E-state index is 10.4. The smallest absolute Gasteiger partial charge is 0.117 e. The number of fused-ring (bicyclic) bond motifs is 1. The number of rotatable bonds is 2. The quantitative estimate of drug-likeness (QED) is 0.888. The molecule has 3 heteroatoms. The maximum Gasteiger partial charge on any atom is 0.117 e. The number of benzene rings is 2. The third-order valence-corrected chi connectivity index (χ3v) is 4.28. The van der Waals surface area contributed by atoms with Crippen LogP contribution in [0.1, 0.15) is 22.8 Å². The van der Waals surface area contributed by atoms with E-state index in [1.54, 1.807) is 0 Å². The van der Waals surface area contributed by atoms with Crippen molar-refractivity contribution in [2.45, 2.75) is 19.4 Å². The van der Waals surface area contributed by atoms with E-state index in [1.807, 2.05) is 37.3 Å². The Morgan fingerprint density at radius 1 is 1.21 bits per heavy atom. The Kier molecular flexibility index (Phi) is 3.25. The molecule has 0 spiro atoms. The predicted molar refractivity (Wildman–Crippen MR) is 81.1 cm³/mol. The molecule has 2 aromatic carbocycles. The van der Waals surface area contributed by atoms with Gasteiger partial charge in [0.15, 0.2) is 0 Å². The van der Waals surface area contributed by atoms with Crippen LogP contribution in [-0.2, 0) is 6.42 Å². The molecule has 1 atom stereocenters. The third-order valence-electron chi connectivity index (χ3n) is 3.43. The second-order valence-corrected chi connectivity index (χ2v) is 5.68. The van der Waals surface area contributed by atoms with Crippen LogP contribution in [-0.4, -0.2) is 10.8 Å². The van der Waals surface area contributed by atoms with Gasteiger partial charge in [-0.25, -0.2) is 0 Å². The fourth-order valence-electron chi connectivity index (χ4n) is 2.33. The Hall–Kier alpha value is -1.45. The fourth-order valence-corrected chi connectivity index (χ4v) is 2.72. The van der Waals surface area contributed by atoms with Crippen LogP contribution < -0.4 is 0 Å². The summed E-state index contributed by atoms with van der Waals surface area (Å²) in [7, 11) is 0. The van der Waals surface area contributed by atoms with Crippen LogP contribution in [0.15, 0.2) is 51.9 Å². The van der Waals surface area contributed by atoms with Crippen LogP contribution in [0.3, 0.4) is 0 Å². The zero-order valence-corrected chi connectivity index (χ0v) is 12.2. The minimum atomic E-state index is -0.618. The molecule has 0 aliphatic carbocycles. The van der Waals surface area contributed by atoms with E-state index in [-0.39, 0.29) is 0 Å². The summed E-state index contributed by atoms with van der Waals surface area (Å²) in [6.07, 6.45) is 0.0947. The molecule has 0 amide bonds. The molecule has 0 fully saturated rings. The van der Waals surface area contributed by atoms with E-state index in [0.717, 1.165) is 27.0 Å². The van der Waals surface area contributed by atoms with Crippen molar-refractivity contribution in [2.75, 3.05) is 0 Å². The Labute approximate surface area is 120 Å². The van der Waals surface area contributed by atoms with Crippen LogP contribution in [0.4, 0.5) is 5.69 Å². The van der Waals surface area contributed by atoms with Crippen molar-refractivity contribution in [3.05, 3.63) is 63.6 Å². The summed E-state index contributed by atoms with van der Waals surface area (Å²) in [4.78, 5) is 4.58. The van der Waals surface area contributed by atoms with Gasteiger partial charge >= 0.3 is 0 Å². The van der Waals surface area contributed by atoms with Crippen molar-refractivity contribution in [1.29, 1.82) is 0 Å². The topological polar surface area (TPSA) is 32.6 Å². The average molecular weight is 316 g/mol. The normalized spacial score (nSPS) is 15.0. The van der Waals surface area contributed by atoms with E-state index in [1.165, 1.54) is 5.56 Å². The van der Waals surface area contributed by atoms with Gasteiger partial charge in [-0.1, -0.05) is 46.3 Å². The first kappa shape index (κ1) is 12.6. The van der Waals surface area contributed by atoms with Crippen LogP contribution in [0.5, 0.6) is 0 Å². The van der Waals surface area contributed by atoms with Gasteiger partial charge in [0.05, 0.1) is 11.4 Å². The third kappa shape index (κ3) is 2.36. The molecule has 0 saturated carbocycles. The number of aliphatic hydroxyl groups is 1. The van der Waals surface area contributed by atoms with Crippen molar-refractivity contribution >= 4 is 27.3 Å². The first-order valence-corrected chi connectivity index (χ1v) is 7.04. The summed E-state index contributed by atoms with van der Waals surface area (Å²) in [5, 5.41) is 10.4. The van der Waals surface area contributed by atoms with Crippen molar-refractivity contribution in [3.63, 3.8) is 0 Å². The fraction of sp³-hybridized carbons (Fsp3) is 0.188. The lowest BCUT2D eigenvalue weighted by Gasteiger charge is -2.10. The average Bonchev–Trinajstić information content (AvgIpc) is 2.82. The van der Waals surface area contributed by atoms with Crippen LogP contribution in [0.25, 0.3) is 0 Å². The molecule has 1 N–H and O–H groups in total. The first-order valence-electron chi connectivity index (χ1n) is 6.24. The van der Waals surface area contributed by atoms with Gasteiger partial charge in [-0.05, 0) is 35.7 Å². The molecule has 2 nitrogen and oxygen atoms in total. The number of hydrogen-bond acceptors (Lipinski definition) is 2. The van der Waals surface area contributed by atoms with Gasteiger partial charge in [-0.2, -0.15) is 0 Å². The summed E-state index contributed by atoms with van der Waals surface area (Å²) in [5.74, 6) is 0. The van der Waals surface area contributed by atoms with Gasteiger partial charge in [-0.15, -0.1) is 0 Å². The molecule has 3 rings (SSSR count). The van der Waals surface area contributed by atoms with Gasteiger partial charge in [-0.3, -0.25) is 4.99 Å². The lowest BCUT2D eigenvalue weighted by atomic mass is 10.0. The Balaban J connectivity index is 1.92. The molecule has 0 radical (unpaired) electrons. The summed E-state index contributed by atoms with van der Waals surface area (Å²) < 4.78 is 1.09. The Morgan fingerprint density at radius 2 is 1.95 bits per heavy atom. The zero-order chi connectivity index (χ0) is 13.4. The second-order valence-electron chi connectivity index (χ2n) is 4.82. The van der Waals surface area contributed by atoms with Gasteiger partial charge in [0, 0.05) is 10.9 Å². The van der Waals surface area contributed by atoms with E-state index in [2.05, 4.69) is 33.1 Å². The van der Waals surface area contributed by atoms with E-state index in [9.17, 15) is 5.11 Å². The van der Waals surface area contributed by atoms with Crippen LogP contribution in [0.2, 0.25) is 0 Å². The van der Waals surface area contributed by atoms with Crippen molar-refractivity contribution in [1.82, 2.24) is 0 Å². The number of nitrogens with zero attached hydrogens (tertiary/aromatic N) is 1. The van der Waals surface area contributed by atoms with Crippen LogP contribution in [0, 0.1) is 6.92 Å². The summed E-state index contributed by atoms with van der Waals surface area (Å²) in [6.45, 7) is 2.05. The highest BCUT2D eigenvalue weighted by Crippen LogP contribution is 2.34. The largest absolute Gasteiger partial charge is 0.382 e. The predicted octanol–water partition coefficient (Wildman–Crippen LogP) is 4.12. The van der Waals surface area contributed by atoms with E-state index >= 15 is 0 Å². The van der Waals surface area contributed by atoms with Crippen molar-refractivity contribution in [2.24, 2.45) is 4.99 Å². The molecule has 2 aromatic rings. The van der Waals surface area contributed by atoms with E-state index in [4.69, 9.17) is 0 Å². The van der Waals surface area contributed by atoms with Crippen molar-refractivity contribution < 1.29 is 5.11 Å². The minimum absolute atomic E-state index is 0.618. The lowest BCUT2D eigenvalue weighted by molar-refractivity contribution is 0.246. The van der Waals surface area contributed by atoms with Gasteiger partial charge in [0.1, 0.15) is 6.10 Å². The Bertz CT molecular complexity index is 649. The maximum absolute atomic E-state index is 10.4. The zero-order valence-electron chi connectivity index (χ0n) is 10.6. The second kappa shape index (κ2) is 4.91. The molecule has 19 heavy (non-hydrogen) atoms. The first-order chi connectivity index (χ1) is 9.15. The van der Waals surface area contributed by atoms with E-state index in [0.29, 0.717) is 6.42 Å². The lowest BCUT2D eigenvalue weighted by Crippen LogP contribution is -2.11. The molecule has 0 saturated heterocycles. The monoisotopic (exact) mass is 315 g/mol. The molecular weight excluding hydrogens is 302 g/mol. The SMILES string of the molecule is Cc1cc2c(cc1Br)CC(C(O)c1ccccc1)=N2. The Morgan fingerprint density at radius 3 is 2.68 bits per heavy atom. The molecule has 1 heterocycles. The summed E-state index contributed by atoms with van der Waals surface area (Å²) in [5.41, 5.74) is 5.02. The number of aryl methyl sites for hydroxylation is 1. The molecule has 1 unspecified atom stereocenters. The van der Waals surface area contributed by atoms with Crippen molar-refractivity contribution in [3.8, 4) is 0 Å². The number of aliphatic imine (C=N–C) groups is 1. The number of aliphatic hydroxyl groups excluding tert-OH is 1. The minimum Gasteiger partial charge on any atom is -0.382 e. The van der Waals surface area contributed by atoms with E-state index < -0.39 is 6.10 Å². The molecule has 96 valence electrons. The van der Waals surface area contributed by atoms with Gasteiger partial charge < -0.3 is 5.11 Å². The number of hydrogen-bond donors (Lipinski definition) is 1. The molecule has 1 aliphatic heterocycles. The van der Waals surface area contributed by atoms with Gasteiger partial charge in [0.2, 0.25) is 0 Å². The van der Waals surface area contributed by atoms with Gasteiger partial charge in [0.25, 0.3) is 0 Å². The summed E-state index contributed by atoms with van der Waals surface area (Å²) in [6, 6.07) is 13.8. The van der Waals surface area contributed by atoms with Crippen LogP contribution >= 0.6 is 15.9 Å². The number of halogens is 1. The standard InChI is InChI=1S/C16H14BrNO/c1-10-7-14-12(8-13(10)17)9-15(18-14)16(19)11-5-3-2-4-6-11/h2-8,16,19H,9H2,1H3. The molecule has 1 aliphatic rings. The molecular formula is C16H14BrNO. The molecule has 0 aromatic heterocycles.